The Kier molecular flexibility index (Phi) is 8.09. The molecular weight excluding hydrogens is 404 g/mol. The van der Waals surface area contributed by atoms with Gasteiger partial charge in [0.05, 0.1) is 10.5 Å². The maximum atomic E-state index is 12.2. The average Bonchev–Trinajstić information content (AvgIpc) is 2.73. The van der Waals surface area contributed by atoms with Crippen molar-refractivity contribution in [2.75, 3.05) is 0 Å². The molecule has 30 heavy (non-hydrogen) atoms. The minimum atomic E-state index is -0.899. The number of carbonyl (C=O) groups excluding carboxylic acids is 1. The van der Waals surface area contributed by atoms with E-state index in [4.69, 9.17) is 10.5 Å². The number of carbonyl (C=O) groups is 1. The number of nitro benzene ring substituents is 1. The van der Waals surface area contributed by atoms with Gasteiger partial charge >= 0.3 is 5.97 Å². The molecule has 0 bridgehead atoms. The van der Waals surface area contributed by atoms with Crippen LogP contribution in [0.1, 0.15) is 16.7 Å². The van der Waals surface area contributed by atoms with Crippen molar-refractivity contribution >= 4 is 24.1 Å². The highest BCUT2D eigenvalue weighted by Crippen LogP contribution is 2.31. The minimum absolute atomic E-state index is 0. The lowest BCUT2D eigenvalue weighted by Gasteiger charge is -2.12. The van der Waals surface area contributed by atoms with Gasteiger partial charge in [0.2, 0.25) is 0 Å². The molecule has 0 heterocycles. The van der Waals surface area contributed by atoms with E-state index in [9.17, 15) is 14.9 Å². The number of nitro groups is 1. The molecule has 0 fully saturated rings. The van der Waals surface area contributed by atoms with E-state index < -0.39 is 16.9 Å². The summed E-state index contributed by atoms with van der Waals surface area (Å²) in [5.74, 6) is -0.542. The van der Waals surface area contributed by atoms with Crippen LogP contribution < -0.4 is 5.73 Å². The zero-order chi connectivity index (χ0) is 20.8. The Hall–Kier alpha value is -3.22. The van der Waals surface area contributed by atoms with Gasteiger partial charge in [-0.3, -0.25) is 14.9 Å². The quantitative estimate of drug-likeness (QED) is 0.338. The Morgan fingerprint density at radius 2 is 1.70 bits per heavy atom. The van der Waals surface area contributed by atoms with Crippen LogP contribution >= 0.6 is 12.4 Å². The second kappa shape index (κ2) is 10.5. The third-order valence-corrected chi connectivity index (χ3v) is 4.60. The monoisotopic (exact) mass is 426 g/mol. The fraction of sp³-hybridized carbons (Fsp3) is 0.174. The summed E-state index contributed by atoms with van der Waals surface area (Å²) in [4.78, 5) is 23.3. The second-order valence-electron chi connectivity index (χ2n) is 6.88. The summed E-state index contributed by atoms with van der Waals surface area (Å²) in [5, 5.41) is 11.6. The molecule has 3 aromatic carbocycles. The molecule has 0 radical (unpaired) electrons. The summed E-state index contributed by atoms with van der Waals surface area (Å²) < 4.78 is 5.25. The maximum Gasteiger partial charge on any atom is 0.323 e. The number of benzene rings is 3. The third-order valence-electron chi connectivity index (χ3n) is 4.60. The van der Waals surface area contributed by atoms with Gasteiger partial charge < -0.3 is 10.5 Å². The second-order valence-corrected chi connectivity index (χ2v) is 6.88. The minimum Gasteiger partial charge on any atom is -0.460 e. The number of halogens is 1. The molecule has 0 saturated heterocycles. The van der Waals surface area contributed by atoms with Crippen LogP contribution in [-0.4, -0.2) is 16.9 Å². The molecule has 0 aliphatic heterocycles. The topological polar surface area (TPSA) is 95.5 Å². The summed E-state index contributed by atoms with van der Waals surface area (Å²) in [5.41, 5.74) is 9.79. The molecule has 0 aliphatic rings. The van der Waals surface area contributed by atoms with E-state index in [1.54, 1.807) is 12.1 Å². The number of hydrogen-bond acceptors (Lipinski definition) is 5. The van der Waals surface area contributed by atoms with Crippen molar-refractivity contribution in [3.05, 3.63) is 99.6 Å². The van der Waals surface area contributed by atoms with Gasteiger partial charge in [-0.05, 0) is 36.1 Å². The Morgan fingerprint density at radius 3 is 2.33 bits per heavy atom. The molecule has 0 spiro atoms. The number of rotatable bonds is 7. The molecular formula is C23H23ClN2O4. The SMILES string of the molecule is Cc1ccc(-c2ccc(C[C@H](N)C(=O)OCc3ccccc3)cc2[N+](=O)[O-])cc1.Cl. The van der Waals surface area contributed by atoms with Gasteiger partial charge in [0, 0.05) is 6.07 Å². The molecule has 6 nitrogen and oxygen atoms in total. The summed E-state index contributed by atoms with van der Waals surface area (Å²) >= 11 is 0. The van der Waals surface area contributed by atoms with Crippen molar-refractivity contribution in [3.8, 4) is 11.1 Å². The lowest BCUT2D eigenvalue weighted by Crippen LogP contribution is -2.34. The molecule has 2 N–H and O–H groups in total. The van der Waals surface area contributed by atoms with E-state index in [1.807, 2.05) is 61.5 Å². The average molecular weight is 427 g/mol. The molecule has 7 heteroatoms. The van der Waals surface area contributed by atoms with Crippen molar-refractivity contribution in [2.45, 2.75) is 26.0 Å². The maximum absolute atomic E-state index is 12.2. The molecule has 3 rings (SSSR count). The van der Waals surface area contributed by atoms with E-state index >= 15 is 0 Å². The van der Waals surface area contributed by atoms with Gasteiger partial charge in [-0.1, -0.05) is 66.2 Å². The van der Waals surface area contributed by atoms with Gasteiger partial charge in [-0.2, -0.15) is 0 Å². The molecule has 156 valence electrons. The van der Waals surface area contributed by atoms with E-state index in [0.29, 0.717) is 11.1 Å². The highest BCUT2D eigenvalue weighted by Gasteiger charge is 2.20. The number of nitrogens with two attached hydrogens (primary N) is 1. The fourth-order valence-electron chi connectivity index (χ4n) is 3.01. The van der Waals surface area contributed by atoms with Gasteiger partial charge in [0.25, 0.3) is 5.69 Å². The molecule has 0 saturated carbocycles. The normalized spacial score (nSPS) is 11.3. The van der Waals surface area contributed by atoms with Crippen molar-refractivity contribution in [3.63, 3.8) is 0 Å². The highest BCUT2D eigenvalue weighted by atomic mass is 35.5. The standard InChI is InChI=1S/C23H22N2O4.ClH/c1-16-7-10-19(11-8-16)20-12-9-18(14-22(20)25(27)28)13-21(24)23(26)29-15-17-5-3-2-4-6-17;/h2-12,14,21H,13,15,24H2,1H3;1H/t21-;/m0./s1. The smallest absolute Gasteiger partial charge is 0.323 e. The van der Waals surface area contributed by atoms with E-state index in [0.717, 1.165) is 16.7 Å². The lowest BCUT2D eigenvalue weighted by molar-refractivity contribution is -0.384. The van der Waals surface area contributed by atoms with E-state index in [2.05, 4.69) is 0 Å². The first-order chi connectivity index (χ1) is 13.9. The predicted molar refractivity (Wildman–Crippen MR) is 118 cm³/mol. The summed E-state index contributed by atoms with van der Waals surface area (Å²) in [7, 11) is 0. The Bertz CT molecular complexity index is 1010. The predicted octanol–water partition coefficient (Wildman–Crippen LogP) is 4.61. The first kappa shape index (κ1) is 23.1. The third kappa shape index (κ3) is 5.89. The molecule has 1 atom stereocenters. The van der Waals surface area contributed by atoms with Crippen LogP contribution in [0.3, 0.4) is 0 Å². The molecule has 3 aromatic rings. The zero-order valence-corrected chi connectivity index (χ0v) is 17.3. The Morgan fingerprint density at radius 1 is 1.03 bits per heavy atom. The van der Waals surface area contributed by atoms with E-state index in [1.165, 1.54) is 6.07 Å². The number of nitrogens with zero attached hydrogens (tertiary/aromatic N) is 1. The summed E-state index contributed by atoms with van der Waals surface area (Å²) in [6.07, 6.45) is 0.155. The van der Waals surface area contributed by atoms with Gasteiger partial charge in [-0.25, -0.2) is 0 Å². The number of esters is 1. The summed E-state index contributed by atoms with van der Waals surface area (Å²) in [6.45, 7) is 2.10. The Labute approximate surface area is 181 Å². The van der Waals surface area contributed by atoms with Gasteiger partial charge in [0.1, 0.15) is 12.6 Å². The van der Waals surface area contributed by atoms with Gasteiger partial charge in [0.15, 0.2) is 0 Å². The van der Waals surface area contributed by atoms with E-state index in [-0.39, 0.29) is 31.1 Å². The van der Waals surface area contributed by atoms with Crippen molar-refractivity contribution in [1.82, 2.24) is 0 Å². The number of ether oxygens (including phenoxy) is 1. The first-order valence-electron chi connectivity index (χ1n) is 9.24. The van der Waals surface area contributed by atoms with Crippen LogP contribution in [0.2, 0.25) is 0 Å². The van der Waals surface area contributed by atoms with Gasteiger partial charge in [-0.15, -0.1) is 12.4 Å². The van der Waals surface area contributed by atoms with Crippen molar-refractivity contribution < 1.29 is 14.5 Å². The van der Waals surface area contributed by atoms with Crippen LogP contribution in [0.5, 0.6) is 0 Å². The number of aryl methyl sites for hydroxylation is 1. The van der Waals surface area contributed by atoms with Crippen molar-refractivity contribution in [2.24, 2.45) is 5.73 Å². The molecule has 0 unspecified atom stereocenters. The zero-order valence-electron chi connectivity index (χ0n) is 16.5. The van der Waals surface area contributed by atoms with Crippen LogP contribution in [0.4, 0.5) is 5.69 Å². The molecule has 0 aliphatic carbocycles. The molecule has 0 amide bonds. The fourth-order valence-corrected chi connectivity index (χ4v) is 3.01. The summed E-state index contributed by atoms with van der Waals surface area (Å²) in [6, 6.07) is 20.8. The molecule has 0 aromatic heterocycles. The van der Waals surface area contributed by atoms with Crippen LogP contribution in [0.15, 0.2) is 72.8 Å². The lowest BCUT2D eigenvalue weighted by atomic mass is 9.98. The van der Waals surface area contributed by atoms with Crippen LogP contribution in [0.25, 0.3) is 11.1 Å². The van der Waals surface area contributed by atoms with Crippen LogP contribution in [-0.2, 0) is 22.6 Å². The highest BCUT2D eigenvalue weighted by molar-refractivity contribution is 5.85. The largest absolute Gasteiger partial charge is 0.460 e. The van der Waals surface area contributed by atoms with Crippen molar-refractivity contribution in [1.29, 1.82) is 0 Å². The first-order valence-corrected chi connectivity index (χ1v) is 9.24. The Balaban J connectivity index is 0.00000320. The number of hydrogen-bond donors (Lipinski definition) is 1. The van der Waals surface area contributed by atoms with Crippen LogP contribution in [0, 0.1) is 17.0 Å².